The molecule has 2 aromatic heterocycles. The minimum Gasteiger partial charge on any atom is -0.464 e. The first-order valence-electron chi connectivity index (χ1n) is 6.50. The Balaban J connectivity index is 1.99. The predicted octanol–water partition coefficient (Wildman–Crippen LogP) is 1.67. The summed E-state index contributed by atoms with van der Waals surface area (Å²) in [5.41, 5.74) is 1.44. The molecule has 0 spiro atoms. The highest BCUT2D eigenvalue weighted by Gasteiger charge is 2.34. The van der Waals surface area contributed by atoms with Crippen molar-refractivity contribution in [1.82, 2.24) is 14.8 Å². The van der Waals surface area contributed by atoms with E-state index in [4.69, 9.17) is 9.56 Å². The van der Waals surface area contributed by atoms with Gasteiger partial charge >= 0.3 is 0 Å². The van der Waals surface area contributed by atoms with Crippen LogP contribution in [0.15, 0.2) is 40.1 Å². The van der Waals surface area contributed by atoms with Crippen molar-refractivity contribution in [3.63, 3.8) is 0 Å². The number of benzene rings is 1. The quantitative estimate of drug-likeness (QED) is 0.792. The number of furan rings is 1. The molecule has 0 saturated heterocycles. The van der Waals surface area contributed by atoms with E-state index in [-0.39, 0.29) is 11.2 Å². The predicted molar refractivity (Wildman–Crippen MR) is 74.9 cm³/mol. The van der Waals surface area contributed by atoms with Crippen LogP contribution in [0, 0.1) is 0 Å². The van der Waals surface area contributed by atoms with Gasteiger partial charge in [-0.15, -0.1) is 10.2 Å². The van der Waals surface area contributed by atoms with Gasteiger partial charge in [-0.05, 0) is 18.9 Å². The van der Waals surface area contributed by atoms with E-state index in [0.29, 0.717) is 5.82 Å². The van der Waals surface area contributed by atoms with Gasteiger partial charge in [0.2, 0.25) is 0 Å². The Labute approximate surface area is 120 Å². The molecule has 0 amide bonds. The third kappa shape index (κ3) is 1.95. The number of primary sulfonamides is 1. The summed E-state index contributed by atoms with van der Waals surface area (Å²) < 4.78 is 30.4. The average molecular weight is 304 g/mol. The highest BCUT2D eigenvalue weighted by Crippen LogP contribution is 2.41. The lowest BCUT2D eigenvalue weighted by Crippen LogP contribution is -2.18. The van der Waals surface area contributed by atoms with Crippen LogP contribution in [-0.4, -0.2) is 23.2 Å². The van der Waals surface area contributed by atoms with Gasteiger partial charge in [0.05, 0.1) is 5.56 Å². The van der Waals surface area contributed by atoms with E-state index in [2.05, 4.69) is 10.2 Å². The van der Waals surface area contributed by atoms with E-state index in [9.17, 15) is 8.42 Å². The minimum absolute atomic E-state index is 0.0805. The van der Waals surface area contributed by atoms with Gasteiger partial charge in [0, 0.05) is 11.4 Å². The molecule has 0 aliphatic heterocycles. The van der Waals surface area contributed by atoms with E-state index in [1.54, 1.807) is 10.8 Å². The zero-order valence-electron chi connectivity index (χ0n) is 10.9. The summed E-state index contributed by atoms with van der Waals surface area (Å²) in [6.45, 7) is 0. The maximum absolute atomic E-state index is 11.7. The maximum atomic E-state index is 11.7. The lowest BCUT2D eigenvalue weighted by atomic mass is 10.1. The summed E-state index contributed by atoms with van der Waals surface area (Å²) in [5.74, 6) is 0.478. The Morgan fingerprint density at radius 2 is 2.00 bits per heavy atom. The molecule has 0 bridgehead atoms. The monoisotopic (exact) mass is 304 g/mol. The second-order valence-corrected chi connectivity index (χ2v) is 6.55. The molecule has 3 aromatic rings. The molecule has 1 saturated carbocycles. The van der Waals surface area contributed by atoms with Crippen LogP contribution in [0.5, 0.6) is 0 Å². The highest BCUT2D eigenvalue weighted by molar-refractivity contribution is 7.89. The summed E-state index contributed by atoms with van der Waals surface area (Å²) in [6, 6.07) is 7.59. The van der Waals surface area contributed by atoms with E-state index < -0.39 is 10.0 Å². The Hall–Kier alpha value is -2.19. The van der Waals surface area contributed by atoms with Gasteiger partial charge in [-0.1, -0.05) is 18.2 Å². The fraction of sp³-hybridized carbons (Fsp3) is 0.231. The molecule has 21 heavy (non-hydrogen) atoms. The van der Waals surface area contributed by atoms with Crippen LogP contribution in [0.4, 0.5) is 0 Å². The number of nitrogens with two attached hydrogens (primary N) is 1. The zero-order valence-corrected chi connectivity index (χ0v) is 11.7. The standard InChI is InChI=1S/C13H12N4O3S/c14-21(18,19)13-16-15-12(17(13)8-5-6-8)10-7-20-11-4-2-1-3-9(10)11/h1-4,7-8H,5-6H2,(H2,14,18,19). The van der Waals surface area contributed by atoms with Gasteiger partial charge in [-0.2, -0.15) is 0 Å². The summed E-state index contributed by atoms with van der Waals surface area (Å²) >= 11 is 0. The number of aromatic nitrogens is 3. The van der Waals surface area contributed by atoms with Crippen molar-refractivity contribution >= 4 is 21.0 Å². The van der Waals surface area contributed by atoms with E-state index in [0.717, 1.165) is 29.4 Å². The molecule has 1 aliphatic carbocycles. The fourth-order valence-electron chi connectivity index (χ4n) is 2.47. The lowest BCUT2D eigenvalue weighted by molar-refractivity contribution is 0.567. The SMILES string of the molecule is NS(=O)(=O)c1nnc(-c2coc3ccccc23)n1C1CC1. The Kier molecular flexibility index (Phi) is 2.48. The smallest absolute Gasteiger partial charge is 0.273 e. The van der Waals surface area contributed by atoms with Crippen LogP contribution in [-0.2, 0) is 10.0 Å². The number of fused-ring (bicyclic) bond motifs is 1. The Morgan fingerprint density at radius 1 is 1.24 bits per heavy atom. The number of hydrogen-bond acceptors (Lipinski definition) is 5. The average Bonchev–Trinajstić information content (AvgIpc) is 3.03. The molecule has 8 heteroatoms. The topological polar surface area (TPSA) is 104 Å². The molecule has 2 N–H and O–H groups in total. The molecule has 0 unspecified atom stereocenters. The number of sulfonamides is 1. The first-order chi connectivity index (χ1) is 10.1. The molecule has 2 heterocycles. The van der Waals surface area contributed by atoms with Gasteiger partial charge in [-0.25, -0.2) is 13.6 Å². The van der Waals surface area contributed by atoms with E-state index >= 15 is 0 Å². The molecule has 108 valence electrons. The lowest BCUT2D eigenvalue weighted by Gasteiger charge is -2.06. The van der Waals surface area contributed by atoms with Crippen molar-refractivity contribution in [2.24, 2.45) is 5.14 Å². The summed E-state index contributed by atoms with van der Waals surface area (Å²) in [7, 11) is -3.90. The first-order valence-corrected chi connectivity index (χ1v) is 8.04. The Bertz CT molecular complexity index is 937. The van der Waals surface area contributed by atoms with Gasteiger partial charge < -0.3 is 4.42 Å². The zero-order chi connectivity index (χ0) is 14.6. The summed E-state index contributed by atoms with van der Waals surface area (Å²) in [4.78, 5) is 0. The number of rotatable bonds is 3. The highest BCUT2D eigenvalue weighted by atomic mass is 32.2. The Morgan fingerprint density at radius 3 is 2.71 bits per heavy atom. The number of hydrogen-bond donors (Lipinski definition) is 1. The second-order valence-electron chi connectivity index (χ2n) is 5.10. The molecule has 1 aliphatic rings. The van der Waals surface area contributed by atoms with Crippen LogP contribution in [0.3, 0.4) is 0 Å². The van der Waals surface area contributed by atoms with E-state index in [1.165, 1.54) is 0 Å². The largest absolute Gasteiger partial charge is 0.464 e. The molecule has 1 fully saturated rings. The van der Waals surface area contributed by atoms with Crippen molar-refractivity contribution in [2.45, 2.75) is 24.0 Å². The van der Waals surface area contributed by atoms with Crippen molar-refractivity contribution in [3.05, 3.63) is 30.5 Å². The first kappa shape index (κ1) is 12.5. The molecule has 0 radical (unpaired) electrons. The molecular weight excluding hydrogens is 292 g/mol. The third-order valence-corrected chi connectivity index (χ3v) is 4.34. The number of para-hydroxylation sites is 1. The molecule has 7 nitrogen and oxygen atoms in total. The summed E-state index contributed by atoms with van der Waals surface area (Å²) in [6.07, 6.45) is 3.35. The molecule has 4 rings (SSSR count). The van der Waals surface area contributed by atoms with Crippen LogP contribution in [0.25, 0.3) is 22.4 Å². The van der Waals surface area contributed by atoms with Crippen LogP contribution < -0.4 is 5.14 Å². The molecular formula is C13H12N4O3S. The van der Waals surface area contributed by atoms with Gasteiger partial charge in [0.15, 0.2) is 5.82 Å². The summed E-state index contributed by atoms with van der Waals surface area (Å²) in [5, 5.41) is 13.7. The van der Waals surface area contributed by atoms with Gasteiger partial charge in [0.25, 0.3) is 15.2 Å². The van der Waals surface area contributed by atoms with Gasteiger partial charge in [-0.3, -0.25) is 4.57 Å². The second kappa shape index (κ2) is 4.15. The minimum atomic E-state index is -3.90. The van der Waals surface area contributed by atoms with Crippen LogP contribution in [0.1, 0.15) is 18.9 Å². The van der Waals surface area contributed by atoms with Crippen molar-refractivity contribution in [3.8, 4) is 11.4 Å². The maximum Gasteiger partial charge on any atom is 0.273 e. The third-order valence-electron chi connectivity index (χ3n) is 3.55. The molecule has 1 aromatic carbocycles. The van der Waals surface area contributed by atoms with Crippen molar-refractivity contribution < 1.29 is 12.8 Å². The van der Waals surface area contributed by atoms with Crippen molar-refractivity contribution in [1.29, 1.82) is 0 Å². The normalized spacial score (nSPS) is 15.7. The van der Waals surface area contributed by atoms with Crippen LogP contribution >= 0.6 is 0 Å². The fourth-order valence-corrected chi connectivity index (χ4v) is 3.13. The van der Waals surface area contributed by atoms with Gasteiger partial charge in [0.1, 0.15) is 11.8 Å². The van der Waals surface area contributed by atoms with E-state index in [1.807, 2.05) is 24.3 Å². The van der Waals surface area contributed by atoms with Crippen molar-refractivity contribution in [2.75, 3.05) is 0 Å². The molecule has 0 atom stereocenters. The van der Waals surface area contributed by atoms with Crippen LogP contribution in [0.2, 0.25) is 0 Å². The number of nitrogens with zero attached hydrogens (tertiary/aromatic N) is 3.